The second kappa shape index (κ2) is 5.98. The topological polar surface area (TPSA) is 12.0 Å². The van der Waals surface area contributed by atoms with Crippen LogP contribution in [0.25, 0.3) is 0 Å². The van der Waals surface area contributed by atoms with Crippen LogP contribution in [-0.4, -0.2) is 0 Å². The Hall–Kier alpha value is -1.68. The normalized spacial score (nSPS) is 13.0. The van der Waals surface area contributed by atoms with Gasteiger partial charge in [0.25, 0.3) is 0 Å². The Labute approximate surface area is 126 Å². The standard InChI is InChI=1S/C16H15ClF3N/c1-10-3-5-12(6-4-10)11(2)21-13-7-8-15(17)14(9-13)16(18,19)20/h3-9,11,21H,1-2H3. The molecule has 0 amide bonds. The largest absolute Gasteiger partial charge is 0.417 e. The molecular weight excluding hydrogens is 299 g/mol. The molecule has 0 bridgehead atoms. The van der Waals surface area contributed by atoms with E-state index in [1.807, 2.05) is 38.1 Å². The maximum absolute atomic E-state index is 12.8. The van der Waals surface area contributed by atoms with Gasteiger partial charge in [-0.15, -0.1) is 0 Å². The summed E-state index contributed by atoms with van der Waals surface area (Å²) in [5, 5.41) is 2.76. The highest BCUT2D eigenvalue weighted by Gasteiger charge is 2.33. The van der Waals surface area contributed by atoms with E-state index in [1.54, 1.807) is 6.07 Å². The van der Waals surface area contributed by atoms with Gasteiger partial charge in [0.05, 0.1) is 10.6 Å². The van der Waals surface area contributed by atoms with Crippen molar-refractivity contribution >= 4 is 17.3 Å². The van der Waals surface area contributed by atoms with Gasteiger partial charge in [0.2, 0.25) is 0 Å². The minimum Gasteiger partial charge on any atom is -0.379 e. The first kappa shape index (κ1) is 15.7. The number of aryl methyl sites for hydroxylation is 1. The molecule has 5 heteroatoms. The first-order valence-electron chi connectivity index (χ1n) is 6.47. The van der Waals surface area contributed by atoms with Crippen molar-refractivity contribution in [1.82, 2.24) is 0 Å². The highest BCUT2D eigenvalue weighted by molar-refractivity contribution is 6.31. The summed E-state index contributed by atoms with van der Waals surface area (Å²) >= 11 is 5.60. The molecule has 21 heavy (non-hydrogen) atoms. The van der Waals surface area contributed by atoms with Gasteiger partial charge in [-0.3, -0.25) is 0 Å². The molecule has 0 spiro atoms. The van der Waals surface area contributed by atoms with Gasteiger partial charge in [-0.1, -0.05) is 41.4 Å². The predicted molar refractivity (Wildman–Crippen MR) is 79.7 cm³/mol. The second-order valence-corrected chi connectivity index (χ2v) is 5.38. The maximum Gasteiger partial charge on any atom is 0.417 e. The number of nitrogens with one attached hydrogen (secondary N) is 1. The van der Waals surface area contributed by atoms with Gasteiger partial charge in [-0.05, 0) is 37.6 Å². The van der Waals surface area contributed by atoms with Crippen molar-refractivity contribution in [1.29, 1.82) is 0 Å². The lowest BCUT2D eigenvalue weighted by atomic mass is 10.1. The molecule has 0 aliphatic heterocycles. The van der Waals surface area contributed by atoms with Crippen LogP contribution < -0.4 is 5.32 Å². The lowest BCUT2D eigenvalue weighted by Gasteiger charge is -2.18. The van der Waals surface area contributed by atoms with Crippen LogP contribution in [-0.2, 0) is 6.18 Å². The van der Waals surface area contributed by atoms with Crippen LogP contribution in [0.4, 0.5) is 18.9 Å². The van der Waals surface area contributed by atoms with Gasteiger partial charge in [-0.25, -0.2) is 0 Å². The Morgan fingerprint density at radius 2 is 1.67 bits per heavy atom. The van der Waals surface area contributed by atoms with Gasteiger partial charge in [0.1, 0.15) is 0 Å². The fraction of sp³-hybridized carbons (Fsp3) is 0.250. The molecule has 1 nitrogen and oxygen atoms in total. The lowest BCUT2D eigenvalue weighted by molar-refractivity contribution is -0.137. The molecule has 0 heterocycles. The molecule has 0 saturated heterocycles. The average molecular weight is 314 g/mol. The smallest absolute Gasteiger partial charge is 0.379 e. The van der Waals surface area contributed by atoms with Gasteiger partial charge in [-0.2, -0.15) is 13.2 Å². The molecule has 0 saturated carbocycles. The molecule has 1 unspecified atom stereocenters. The highest BCUT2D eigenvalue weighted by Crippen LogP contribution is 2.36. The Kier molecular flexibility index (Phi) is 4.47. The van der Waals surface area contributed by atoms with Crippen molar-refractivity contribution in [2.75, 3.05) is 5.32 Å². The molecule has 0 aliphatic carbocycles. The number of hydrogen-bond acceptors (Lipinski definition) is 1. The average Bonchev–Trinajstić information content (AvgIpc) is 2.40. The molecule has 0 fully saturated rings. The molecule has 2 aromatic carbocycles. The van der Waals surface area contributed by atoms with Crippen LogP contribution in [0.2, 0.25) is 5.02 Å². The maximum atomic E-state index is 12.8. The summed E-state index contributed by atoms with van der Waals surface area (Å²) < 4.78 is 38.5. The number of anilines is 1. The van der Waals surface area contributed by atoms with Crippen LogP contribution in [0, 0.1) is 6.92 Å². The first-order chi connectivity index (χ1) is 9.77. The molecule has 0 radical (unpaired) electrons. The van der Waals surface area contributed by atoms with Crippen LogP contribution in [0.3, 0.4) is 0 Å². The summed E-state index contributed by atoms with van der Waals surface area (Å²) in [6.07, 6.45) is -4.46. The van der Waals surface area contributed by atoms with Crippen LogP contribution in [0.15, 0.2) is 42.5 Å². The van der Waals surface area contributed by atoms with E-state index in [-0.39, 0.29) is 11.1 Å². The molecule has 2 rings (SSSR count). The summed E-state index contributed by atoms with van der Waals surface area (Å²) in [5.41, 5.74) is 1.70. The summed E-state index contributed by atoms with van der Waals surface area (Å²) in [5.74, 6) is 0. The van der Waals surface area contributed by atoms with E-state index >= 15 is 0 Å². The Balaban J connectivity index is 2.21. The SMILES string of the molecule is Cc1ccc(C(C)Nc2ccc(Cl)c(C(F)(F)F)c2)cc1. The molecule has 0 aromatic heterocycles. The van der Waals surface area contributed by atoms with E-state index in [9.17, 15) is 13.2 Å². The van der Waals surface area contributed by atoms with E-state index in [0.717, 1.165) is 17.2 Å². The summed E-state index contributed by atoms with van der Waals surface area (Å²) in [4.78, 5) is 0. The summed E-state index contributed by atoms with van der Waals surface area (Å²) in [7, 11) is 0. The van der Waals surface area contributed by atoms with Crippen molar-refractivity contribution in [3.63, 3.8) is 0 Å². The summed E-state index contributed by atoms with van der Waals surface area (Å²) in [6.45, 7) is 3.88. The van der Waals surface area contributed by atoms with E-state index in [1.165, 1.54) is 6.07 Å². The molecule has 1 atom stereocenters. The highest BCUT2D eigenvalue weighted by atomic mass is 35.5. The molecule has 0 aliphatic rings. The third-order valence-electron chi connectivity index (χ3n) is 3.23. The third-order valence-corrected chi connectivity index (χ3v) is 3.56. The number of benzene rings is 2. The molecule has 2 aromatic rings. The van der Waals surface area contributed by atoms with Crippen molar-refractivity contribution in [2.24, 2.45) is 0 Å². The van der Waals surface area contributed by atoms with E-state index in [4.69, 9.17) is 11.6 Å². The van der Waals surface area contributed by atoms with Crippen molar-refractivity contribution in [3.05, 3.63) is 64.2 Å². The fourth-order valence-electron chi connectivity index (χ4n) is 2.02. The Morgan fingerprint density at radius 3 is 2.24 bits per heavy atom. The molecule has 112 valence electrons. The van der Waals surface area contributed by atoms with Crippen molar-refractivity contribution in [3.8, 4) is 0 Å². The van der Waals surface area contributed by atoms with Gasteiger partial charge >= 0.3 is 6.18 Å². The van der Waals surface area contributed by atoms with Crippen molar-refractivity contribution < 1.29 is 13.2 Å². The lowest BCUT2D eigenvalue weighted by Crippen LogP contribution is -2.10. The number of alkyl halides is 3. The third kappa shape index (κ3) is 3.91. The van der Waals surface area contributed by atoms with Crippen molar-refractivity contribution in [2.45, 2.75) is 26.1 Å². The Morgan fingerprint density at radius 1 is 1.05 bits per heavy atom. The number of hydrogen-bond donors (Lipinski definition) is 1. The second-order valence-electron chi connectivity index (χ2n) is 4.97. The molecular formula is C16H15ClF3N. The quantitative estimate of drug-likeness (QED) is 0.750. The minimum atomic E-state index is -4.46. The van der Waals surface area contributed by atoms with E-state index in [0.29, 0.717) is 5.69 Å². The Bertz CT molecular complexity index is 620. The van der Waals surface area contributed by atoms with Gasteiger partial charge in [0, 0.05) is 11.7 Å². The zero-order chi connectivity index (χ0) is 15.6. The fourth-order valence-corrected chi connectivity index (χ4v) is 2.25. The van der Waals surface area contributed by atoms with Gasteiger partial charge in [0.15, 0.2) is 0 Å². The number of halogens is 4. The molecule has 1 N–H and O–H groups in total. The van der Waals surface area contributed by atoms with E-state index < -0.39 is 11.7 Å². The van der Waals surface area contributed by atoms with Crippen LogP contribution >= 0.6 is 11.6 Å². The number of rotatable bonds is 3. The summed E-state index contributed by atoms with van der Waals surface area (Å²) in [6, 6.07) is 11.6. The van der Waals surface area contributed by atoms with Crippen LogP contribution in [0.1, 0.15) is 29.7 Å². The first-order valence-corrected chi connectivity index (χ1v) is 6.85. The zero-order valence-electron chi connectivity index (χ0n) is 11.6. The minimum absolute atomic E-state index is 0.104. The van der Waals surface area contributed by atoms with E-state index in [2.05, 4.69) is 5.32 Å². The van der Waals surface area contributed by atoms with Gasteiger partial charge < -0.3 is 5.32 Å². The predicted octanol–water partition coefficient (Wildman–Crippen LogP) is 5.84. The zero-order valence-corrected chi connectivity index (χ0v) is 12.4. The monoisotopic (exact) mass is 313 g/mol. The van der Waals surface area contributed by atoms with Crippen LogP contribution in [0.5, 0.6) is 0 Å².